The molecule has 2 amide bonds. The molecule has 3 rings (SSSR count). The molecule has 196 valence electrons. The number of nitrogens with one attached hydrogen (secondary N) is 1. The highest BCUT2D eigenvalue weighted by molar-refractivity contribution is 7.98. The minimum atomic E-state index is -4.09. The predicted molar refractivity (Wildman–Crippen MR) is 149 cm³/mol. The normalized spacial score (nSPS) is 12.0. The highest BCUT2D eigenvalue weighted by atomic mass is 35.5. The summed E-state index contributed by atoms with van der Waals surface area (Å²) in [5.74, 6) is -0.879. The van der Waals surface area contributed by atoms with E-state index in [0.29, 0.717) is 10.7 Å². The maximum Gasteiger partial charge on any atom is 0.264 e. The van der Waals surface area contributed by atoms with E-state index >= 15 is 0 Å². The monoisotopic (exact) mass is 559 g/mol. The number of rotatable bonds is 10. The molecule has 0 saturated carbocycles. The van der Waals surface area contributed by atoms with Gasteiger partial charge >= 0.3 is 0 Å². The molecule has 0 aromatic heterocycles. The van der Waals surface area contributed by atoms with Crippen LogP contribution in [-0.4, -0.2) is 51.0 Å². The maximum atomic E-state index is 13.8. The summed E-state index contributed by atoms with van der Waals surface area (Å²) in [7, 11) is -2.60. The zero-order chi connectivity index (χ0) is 27.2. The Morgan fingerprint density at radius 2 is 1.57 bits per heavy atom. The Labute approximate surface area is 227 Å². The van der Waals surface area contributed by atoms with E-state index in [4.69, 9.17) is 11.6 Å². The molecule has 7 nitrogen and oxygen atoms in total. The van der Waals surface area contributed by atoms with Gasteiger partial charge in [-0.3, -0.25) is 13.9 Å². The van der Waals surface area contributed by atoms with Gasteiger partial charge in [-0.1, -0.05) is 41.4 Å². The van der Waals surface area contributed by atoms with Gasteiger partial charge in [0.1, 0.15) is 12.6 Å². The maximum absolute atomic E-state index is 13.8. The summed E-state index contributed by atoms with van der Waals surface area (Å²) in [4.78, 5) is 28.6. The average Bonchev–Trinajstić information content (AvgIpc) is 2.91. The van der Waals surface area contributed by atoms with E-state index in [-0.39, 0.29) is 17.3 Å². The fourth-order valence-corrected chi connectivity index (χ4v) is 5.64. The largest absolute Gasteiger partial charge is 0.357 e. The van der Waals surface area contributed by atoms with Crippen molar-refractivity contribution >= 4 is 50.9 Å². The van der Waals surface area contributed by atoms with Crippen molar-refractivity contribution in [2.24, 2.45) is 0 Å². The highest BCUT2D eigenvalue weighted by Gasteiger charge is 2.32. The predicted octanol–water partition coefficient (Wildman–Crippen LogP) is 4.73. The fourth-order valence-electron chi connectivity index (χ4n) is 3.69. The second kappa shape index (κ2) is 12.5. The van der Waals surface area contributed by atoms with Crippen molar-refractivity contribution in [2.45, 2.75) is 36.2 Å². The third-order valence-corrected chi connectivity index (χ3v) is 8.71. The molecule has 0 saturated heterocycles. The first-order chi connectivity index (χ1) is 17.6. The SMILES string of the molecule is CNC(=O)[C@@H](C)N(Cc1ccc(Cl)cc1)C(=O)CN(c1ccc(C)cc1)S(=O)(=O)c1ccc(SC)cc1. The Balaban J connectivity index is 2.01. The number of aryl methyl sites for hydroxylation is 1. The first-order valence-corrected chi connectivity index (χ1v) is 14.6. The molecule has 3 aromatic rings. The van der Waals surface area contributed by atoms with Gasteiger partial charge in [0.25, 0.3) is 10.0 Å². The zero-order valence-corrected chi connectivity index (χ0v) is 23.5. The van der Waals surface area contributed by atoms with Crippen molar-refractivity contribution in [2.75, 3.05) is 24.2 Å². The van der Waals surface area contributed by atoms with E-state index in [9.17, 15) is 18.0 Å². The summed E-state index contributed by atoms with van der Waals surface area (Å²) in [5.41, 5.74) is 2.06. The lowest BCUT2D eigenvalue weighted by Gasteiger charge is -2.31. The van der Waals surface area contributed by atoms with Crippen LogP contribution in [0.5, 0.6) is 0 Å². The molecule has 0 spiro atoms. The van der Waals surface area contributed by atoms with Gasteiger partial charge in [-0.2, -0.15) is 0 Å². The van der Waals surface area contributed by atoms with E-state index in [2.05, 4.69) is 5.32 Å². The first-order valence-electron chi connectivity index (χ1n) is 11.6. The van der Waals surface area contributed by atoms with Gasteiger partial charge in [-0.25, -0.2) is 8.42 Å². The number of nitrogens with zero attached hydrogens (tertiary/aromatic N) is 2. The van der Waals surface area contributed by atoms with Crippen LogP contribution in [0.25, 0.3) is 0 Å². The quantitative estimate of drug-likeness (QED) is 0.363. The van der Waals surface area contributed by atoms with Crippen LogP contribution < -0.4 is 9.62 Å². The molecule has 0 aliphatic heterocycles. The number of carbonyl (C=O) groups is 2. The number of halogens is 1. The molecule has 0 aliphatic carbocycles. The van der Waals surface area contributed by atoms with Crippen LogP contribution in [-0.2, 0) is 26.2 Å². The molecular weight excluding hydrogens is 530 g/mol. The number of hydrogen-bond donors (Lipinski definition) is 1. The van der Waals surface area contributed by atoms with Gasteiger partial charge in [-0.05, 0) is 74.2 Å². The zero-order valence-electron chi connectivity index (χ0n) is 21.1. The lowest BCUT2D eigenvalue weighted by atomic mass is 10.1. The molecule has 0 radical (unpaired) electrons. The van der Waals surface area contributed by atoms with Crippen molar-refractivity contribution in [3.63, 3.8) is 0 Å². The lowest BCUT2D eigenvalue weighted by Crippen LogP contribution is -2.50. The Hall–Kier alpha value is -3.01. The van der Waals surface area contributed by atoms with Crippen LogP contribution in [0.3, 0.4) is 0 Å². The van der Waals surface area contributed by atoms with Crippen LogP contribution >= 0.6 is 23.4 Å². The standard InChI is InChI=1S/C27H30ClN3O4S2/c1-19-5-11-23(12-6-19)31(37(34,35)25-15-13-24(36-4)14-16-25)18-26(32)30(20(2)27(33)29-3)17-21-7-9-22(28)10-8-21/h5-16,20H,17-18H2,1-4H3,(H,29,33)/t20-/m1/s1. The van der Waals surface area contributed by atoms with Crippen LogP contribution in [0.1, 0.15) is 18.1 Å². The van der Waals surface area contributed by atoms with Crippen molar-refractivity contribution in [1.82, 2.24) is 10.2 Å². The van der Waals surface area contributed by atoms with E-state index in [1.807, 2.05) is 13.2 Å². The molecule has 3 aromatic carbocycles. The Morgan fingerprint density at radius 1 is 0.973 bits per heavy atom. The summed E-state index contributed by atoms with van der Waals surface area (Å²) in [5, 5.41) is 3.11. The van der Waals surface area contributed by atoms with Gasteiger partial charge in [0.2, 0.25) is 11.8 Å². The van der Waals surface area contributed by atoms with Crippen LogP contribution in [0.2, 0.25) is 5.02 Å². The number of benzene rings is 3. The summed E-state index contributed by atoms with van der Waals surface area (Å²) in [6.45, 7) is 3.13. The van der Waals surface area contributed by atoms with Gasteiger partial charge in [0.05, 0.1) is 10.6 Å². The van der Waals surface area contributed by atoms with Crippen molar-refractivity contribution in [3.05, 3.63) is 88.9 Å². The third-order valence-electron chi connectivity index (χ3n) is 5.93. The number of sulfonamides is 1. The molecule has 0 heterocycles. The van der Waals surface area contributed by atoms with E-state index in [1.54, 1.807) is 67.6 Å². The molecule has 0 bridgehead atoms. The number of thioether (sulfide) groups is 1. The molecule has 10 heteroatoms. The molecule has 1 atom stereocenters. The minimum Gasteiger partial charge on any atom is -0.357 e. The smallest absolute Gasteiger partial charge is 0.264 e. The Bertz CT molecular complexity index is 1330. The molecule has 0 fully saturated rings. The number of anilines is 1. The first kappa shape index (κ1) is 28.6. The fraction of sp³-hybridized carbons (Fsp3) is 0.259. The van der Waals surface area contributed by atoms with Crippen molar-refractivity contribution in [3.8, 4) is 0 Å². The summed E-state index contributed by atoms with van der Waals surface area (Å²) < 4.78 is 28.7. The minimum absolute atomic E-state index is 0.0716. The summed E-state index contributed by atoms with van der Waals surface area (Å²) in [6.07, 6.45) is 1.91. The third kappa shape index (κ3) is 7.06. The molecule has 0 aliphatic rings. The number of carbonyl (C=O) groups excluding carboxylic acids is 2. The summed E-state index contributed by atoms with van der Waals surface area (Å²) >= 11 is 7.51. The molecular formula is C27H30ClN3O4S2. The van der Waals surface area contributed by atoms with Crippen molar-refractivity contribution < 1.29 is 18.0 Å². The highest BCUT2D eigenvalue weighted by Crippen LogP contribution is 2.26. The second-order valence-electron chi connectivity index (χ2n) is 8.46. The van der Waals surface area contributed by atoms with Gasteiger partial charge in [0.15, 0.2) is 0 Å². The lowest BCUT2D eigenvalue weighted by molar-refractivity contribution is -0.139. The number of hydrogen-bond acceptors (Lipinski definition) is 5. The number of likely N-dealkylation sites (N-methyl/N-ethyl adjacent to an activating group) is 1. The second-order valence-corrected chi connectivity index (χ2v) is 11.6. The van der Waals surface area contributed by atoms with E-state index in [0.717, 1.165) is 20.3 Å². The van der Waals surface area contributed by atoms with Crippen LogP contribution in [0.4, 0.5) is 5.69 Å². The Kier molecular flexibility index (Phi) is 9.64. The Morgan fingerprint density at radius 3 is 2.11 bits per heavy atom. The van der Waals surface area contributed by atoms with Gasteiger partial charge in [-0.15, -0.1) is 11.8 Å². The molecule has 1 N–H and O–H groups in total. The van der Waals surface area contributed by atoms with Gasteiger partial charge < -0.3 is 10.2 Å². The number of amides is 2. The summed E-state index contributed by atoms with van der Waals surface area (Å²) in [6, 6.07) is 19.5. The van der Waals surface area contributed by atoms with Crippen molar-refractivity contribution in [1.29, 1.82) is 0 Å². The van der Waals surface area contributed by atoms with Crippen LogP contribution in [0, 0.1) is 6.92 Å². The van der Waals surface area contributed by atoms with Gasteiger partial charge in [0, 0.05) is 23.5 Å². The van der Waals surface area contributed by atoms with E-state index < -0.39 is 28.5 Å². The topological polar surface area (TPSA) is 86.8 Å². The van der Waals surface area contributed by atoms with E-state index in [1.165, 1.54) is 35.8 Å². The molecule has 37 heavy (non-hydrogen) atoms. The molecule has 0 unspecified atom stereocenters. The average molecular weight is 560 g/mol. The van der Waals surface area contributed by atoms with Crippen LogP contribution in [0.15, 0.2) is 82.6 Å².